The Labute approximate surface area is 185 Å². The number of furan rings is 1. The molecule has 0 saturated carbocycles. The fourth-order valence-corrected chi connectivity index (χ4v) is 4.30. The SMILES string of the molecule is COc1ccccc1N1CCN(C(=O)c2cc3occc3n2Cc2ccc(F)cc2)CC1. The number of methoxy groups -OCH3 is 1. The van der Waals surface area contributed by atoms with Crippen molar-refractivity contribution >= 4 is 22.7 Å². The largest absolute Gasteiger partial charge is 0.495 e. The molecule has 2 aromatic carbocycles. The molecule has 1 aliphatic heterocycles. The lowest BCUT2D eigenvalue weighted by Crippen LogP contribution is -2.49. The number of ether oxygens (including phenoxy) is 1. The van der Waals surface area contributed by atoms with Gasteiger partial charge in [-0.2, -0.15) is 0 Å². The Morgan fingerprint density at radius 1 is 1.03 bits per heavy atom. The van der Waals surface area contributed by atoms with E-state index in [0.717, 1.165) is 35.6 Å². The molecule has 0 atom stereocenters. The molecule has 7 heteroatoms. The van der Waals surface area contributed by atoms with Crippen molar-refractivity contribution in [3.05, 3.63) is 84.0 Å². The Kier molecular flexibility index (Phi) is 5.31. The summed E-state index contributed by atoms with van der Waals surface area (Å²) in [5.74, 6) is 0.526. The summed E-state index contributed by atoms with van der Waals surface area (Å²) < 4.78 is 26.3. The molecule has 1 fully saturated rings. The number of amides is 1. The maximum Gasteiger partial charge on any atom is 0.270 e. The van der Waals surface area contributed by atoms with Gasteiger partial charge in [0.15, 0.2) is 5.58 Å². The molecule has 0 unspecified atom stereocenters. The third kappa shape index (κ3) is 3.70. The molecule has 164 valence electrons. The van der Waals surface area contributed by atoms with Crippen molar-refractivity contribution in [2.24, 2.45) is 0 Å². The van der Waals surface area contributed by atoms with Crippen LogP contribution >= 0.6 is 0 Å². The number of hydrogen-bond acceptors (Lipinski definition) is 4. The summed E-state index contributed by atoms with van der Waals surface area (Å²) in [5.41, 5.74) is 4.06. The number of fused-ring (bicyclic) bond motifs is 1. The lowest BCUT2D eigenvalue weighted by atomic mass is 10.2. The van der Waals surface area contributed by atoms with Gasteiger partial charge < -0.3 is 23.5 Å². The van der Waals surface area contributed by atoms with Crippen molar-refractivity contribution in [3.63, 3.8) is 0 Å². The lowest BCUT2D eigenvalue weighted by Gasteiger charge is -2.36. The van der Waals surface area contributed by atoms with E-state index in [4.69, 9.17) is 9.15 Å². The smallest absolute Gasteiger partial charge is 0.270 e. The number of piperazine rings is 1. The van der Waals surface area contributed by atoms with E-state index in [1.165, 1.54) is 12.1 Å². The Balaban J connectivity index is 1.36. The average Bonchev–Trinajstić information content (AvgIpc) is 3.43. The molecule has 1 aliphatic rings. The number of rotatable bonds is 5. The van der Waals surface area contributed by atoms with Crippen LogP contribution in [0.5, 0.6) is 5.75 Å². The van der Waals surface area contributed by atoms with E-state index >= 15 is 0 Å². The van der Waals surface area contributed by atoms with Gasteiger partial charge in [0.1, 0.15) is 17.3 Å². The first-order valence-corrected chi connectivity index (χ1v) is 10.6. The molecule has 5 rings (SSSR count). The highest BCUT2D eigenvalue weighted by molar-refractivity contribution is 5.97. The number of carbonyl (C=O) groups is 1. The van der Waals surface area contributed by atoms with E-state index in [0.29, 0.717) is 30.9 Å². The minimum atomic E-state index is -0.279. The van der Waals surface area contributed by atoms with E-state index in [2.05, 4.69) is 4.90 Å². The van der Waals surface area contributed by atoms with Crippen LogP contribution in [0, 0.1) is 5.82 Å². The second-order valence-electron chi connectivity index (χ2n) is 7.86. The number of anilines is 1. The molecule has 0 aliphatic carbocycles. The second-order valence-corrected chi connectivity index (χ2v) is 7.86. The maximum absolute atomic E-state index is 13.5. The van der Waals surface area contributed by atoms with Gasteiger partial charge >= 0.3 is 0 Å². The van der Waals surface area contributed by atoms with Gasteiger partial charge in [0.25, 0.3) is 5.91 Å². The molecule has 1 saturated heterocycles. The third-order valence-electron chi connectivity index (χ3n) is 5.99. The Hall–Kier alpha value is -3.74. The minimum Gasteiger partial charge on any atom is -0.495 e. The van der Waals surface area contributed by atoms with E-state index in [9.17, 15) is 9.18 Å². The fourth-order valence-electron chi connectivity index (χ4n) is 4.30. The van der Waals surface area contributed by atoms with Crippen molar-refractivity contribution in [1.29, 1.82) is 0 Å². The molecule has 6 nitrogen and oxygen atoms in total. The monoisotopic (exact) mass is 433 g/mol. The second kappa shape index (κ2) is 8.42. The summed E-state index contributed by atoms with van der Waals surface area (Å²) in [4.78, 5) is 17.6. The fraction of sp³-hybridized carbons (Fsp3) is 0.240. The third-order valence-corrected chi connectivity index (χ3v) is 5.99. The zero-order valence-electron chi connectivity index (χ0n) is 17.8. The maximum atomic E-state index is 13.5. The van der Waals surface area contributed by atoms with Crippen molar-refractivity contribution in [2.75, 3.05) is 38.2 Å². The number of benzene rings is 2. The quantitative estimate of drug-likeness (QED) is 0.468. The summed E-state index contributed by atoms with van der Waals surface area (Å²) in [6, 6.07) is 17.9. The Bertz CT molecular complexity index is 1240. The first-order valence-electron chi connectivity index (χ1n) is 10.6. The van der Waals surface area contributed by atoms with Gasteiger partial charge in [-0.3, -0.25) is 4.79 Å². The summed E-state index contributed by atoms with van der Waals surface area (Å²) in [6.45, 7) is 3.13. The van der Waals surface area contributed by atoms with Crippen LogP contribution in [0.4, 0.5) is 10.1 Å². The highest BCUT2D eigenvalue weighted by atomic mass is 19.1. The first kappa shape index (κ1) is 20.2. The van der Waals surface area contributed by atoms with E-state index in [-0.39, 0.29) is 11.7 Å². The molecule has 1 amide bonds. The zero-order valence-corrected chi connectivity index (χ0v) is 17.8. The van der Waals surface area contributed by atoms with Crippen molar-refractivity contribution in [2.45, 2.75) is 6.54 Å². The van der Waals surface area contributed by atoms with Crippen LogP contribution in [-0.4, -0.2) is 48.7 Å². The highest BCUT2D eigenvalue weighted by Gasteiger charge is 2.27. The van der Waals surface area contributed by atoms with Crippen molar-refractivity contribution in [1.82, 2.24) is 9.47 Å². The van der Waals surface area contributed by atoms with Crippen LogP contribution < -0.4 is 9.64 Å². The number of nitrogens with zero attached hydrogens (tertiary/aromatic N) is 3. The molecule has 32 heavy (non-hydrogen) atoms. The van der Waals surface area contributed by atoms with Crippen LogP contribution in [0.1, 0.15) is 16.1 Å². The minimum absolute atomic E-state index is 0.0295. The zero-order chi connectivity index (χ0) is 22.1. The molecule has 0 bridgehead atoms. The summed E-state index contributed by atoms with van der Waals surface area (Å²) in [5, 5.41) is 0. The number of para-hydroxylation sites is 2. The molecule has 3 heterocycles. The molecule has 0 N–H and O–H groups in total. The Morgan fingerprint density at radius 3 is 2.53 bits per heavy atom. The van der Waals surface area contributed by atoms with Crippen molar-refractivity contribution < 1.29 is 18.3 Å². The van der Waals surface area contributed by atoms with E-state index in [1.54, 1.807) is 31.6 Å². The summed E-state index contributed by atoms with van der Waals surface area (Å²) >= 11 is 0. The van der Waals surface area contributed by atoms with Crippen LogP contribution in [0.25, 0.3) is 11.1 Å². The van der Waals surface area contributed by atoms with Crippen molar-refractivity contribution in [3.8, 4) is 5.75 Å². The predicted octanol–water partition coefficient (Wildman–Crippen LogP) is 4.39. The van der Waals surface area contributed by atoms with Gasteiger partial charge in [-0.05, 0) is 29.8 Å². The Morgan fingerprint density at radius 2 is 1.78 bits per heavy atom. The number of hydrogen-bond donors (Lipinski definition) is 0. The molecule has 2 aromatic heterocycles. The van der Waals surface area contributed by atoms with Gasteiger partial charge in [-0.15, -0.1) is 0 Å². The first-order chi connectivity index (χ1) is 15.6. The topological polar surface area (TPSA) is 50.9 Å². The van der Waals surface area contributed by atoms with Gasteiger partial charge in [-0.1, -0.05) is 24.3 Å². The number of carbonyl (C=O) groups excluding carboxylic acids is 1. The normalized spacial score (nSPS) is 14.2. The molecule has 0 spiro atoms. The highest BCUT2D eigenvalue weighted by Crippen LogP contribution is 2.29. The molecule has 0 radical (unpaired) electrons. The predicted molar refractivity (Wildman–Crippen MR) is 121 cm³/mol. The number of halogens is 1. The summed E-state index contributed by atoms with van der Waals surface area (Å²) in [7, 11) is 1.67. The number of aromatic nitrogens is 1. The standard InChI is InChI=1S/C25H24FN3O3/c1-31-23-5-3-2-4-20(23)27-11-13-28(14-12-27)25(30)22-16-24-21(10-15-32-24)29(22)17-18-6-8-19(26)9-7-18/h2-10,15-16H,11-14,17H2,1H3. The van der Waals surface area contributed by atoms with Crippen LogP contribution in [0.2, 0.25) is 0 Å². The molecular formula is C25H24FN3O3. The van der Waals surface area contributed by atoms with E-state index < -0.39 is 0 Å². The summed E-state index contributed by atoms with van der Waals surface area (Å²) in [6.07, 6.45) is 1.62. The molecular weight excluding hydrogens is 409 g/mol. The lowest BCUT2D eigenvalue weighted by molar-refractivity contribution is 0.0736. The average molecular weight is 433 g/mol. The van der Waals surface area contributed by atoms with Gasteiger partial charge in [-0.25, -0.2) is 4.39 Å². The van der Waals surface area contributed by atoms with Gasteiger partial charge in [0.05, 0.1) is 24.6 Å². The van der Waals surface area contributed by atoms with Gasteiger partial charge in [0, 0.05) is 44.9 Å². The van der Waals surface area contributed by atoms with Crippen LogP contribution in [0.15, 0.2) is 71.3 Å². The van der Waals surface area contributed by atoms with Gasteiger partial charge in [0.2, 0.25) is 0 Å². The van der Waals surface area contributed by atoms with Crippen LogP contribution in [0.3, 0.4) is 0 Å². The molecule has 4 aromatic rings. The van der Waals surface area contributed by atoms with E-state index in [1.807, 2.05) is 39.8 Å². The van der Waals surface area contributed by atoms with Crippen LogP contribution in [-0.2, 0) is 6.54 Å².